The molecule has 0 heterocycles. The van der Waals surface area contributed by atoms with Crippen LogP contribution in [0.4, 0.5) is 22.0 Å². The Balaban J connectivity index is 1.19. The monoisotopic (exact) mass is 617 g/mol. The normalized spacial score (nSPS) is 29.5. The van der Waals surface area contributed by atoms with Crippen LogP contribution in [-0.4, -0.2) is 66.1 Å². The number of halogens is 5. The van der Waals surface area contributed by atoms with E-state index in [-0.39, 0.29) is 24.7 Å². The lowest BCUT2D eigenvalue weighted by Crippen LogP contribution is -2.50. The van der Waals surface area contributed by atoms with Crippen LogP contribution < -0.4 is 0 Å². The molecule has 9 heteroatoms. The number of hydrogen-bond donors (Lipinski definition) is 1. The molecule has 0 aromatic heterocycles. The Bertz CT molecular complexity index is 1040. The van der Waals surface area contributed by atoms with Gasteiger partial charge in [-0.1, -0.05) is 44.0 Å². The highest BCUT2D eigenvalue weighted by molar-refractivity contribution is 7.99. The van der Waals surface area contributed by atoms with Gasteiger partial charge in [-0.25, -0.2) is 0 Å². The number of ketones is 1. The quantitative estimate of drug-likeness (QED) is 0.159. The van der Waals surface area contributed by atoms with E-state index in [1.54, 1.807) is 0 Å². The molecule has 1 aromatic carbocycles. The third kappa shape index (κ3) is 7.36. The molecule has 2 saturated carbocycles. The molecule has 0 unspecified atom stereocenters. The number of Topliss-reactive ketones (excluding diaryl/α,β-unsaturated/α-hetero) is 1. The van der Waals surface area contributed by atoms with E-state index in [9.17, 15) is 31.9 Å². The van der Waals surface area contributed by atoms with Gasteiger partial charge in [-0.15, -0.1) is 0 Å². The molecule has 1 aromatic rings. The molecule has 0 bridgehead atoms. The van der Waals surface area contributed by atoms with E-state index >= 15 is 0 Å². The van der Waals surface area contributed by atoms with Gasteiger partial charge in [-0.05, 0) is 117 Å². The Morgan fingerprint density at radius 3 is 2.45 bits per heavy atom. The standard InChI is InChI=1S/C33H48F5NO2S/c1-23-20-28(41)31(22-40)15-13-27-26-12-6-5-10-24(26)21-25(29(27)30(23)31)11-4-3-7-16-39(2)17-9-19-42-18-8-14-32(34,35)33(36,37)38/h5-6,10,12,23,25,27,29-30,40H,3-4,7-9,11,13-22H2,1-2H3/t23-,25-,27-,29-,30+,31+/m1/s1. The number of nitrogens with zero attached hydrogens (tertiary/aromatic N) is 1. The first-order valence-electron chi connectivity index (χ1n) is 15.8. The van der Waals surface area contributed by atoms with Crippen molar-refractivity contribution in [3.05, 3.63) is 35.4 Å². The van der Waals surface area contributed by atoms with Gasteiger partial charge >= 0.3 is 12.1 Å². The van der Waals surface area contributed by atoms with Crippen molar-refractivity contribution in [3.8, 4) is 0 Å². The maximum Gasteiger partial charge on any atom is 0.453 e. The predicted octanol–water partition coefficient (Wildman–Crippen LogP) is 8.15. The first-order chi connectivity index (χ1) is 19.9. The predicted molar refractivity (Wildman–Crippen MR) is 159 cm³/mol. The summed E-state index contributed by atoms with van der Waals surface area (Å²) in [6, 6.07) is 8.85. The molecular weight excluding hydrogens is 569 g/mol. The summed E-state index contributed by atoms with van der Waals surface area (Å²) in [4.78, 5) is 15.4. The van der Waals surface area contributed by atoms with Crippen LogP contribution in [0.5, 0.6) is 0 Å². The minimum Gasteiger partial charge on any atom is -0.395 e. The van der Waals surface area contributed by atoms with Crippen molar-refractivity contribution >= 4 is 17.5 Å². The Kier molecular flexibility index (Phi) is 11.5. The van der Waals surface area contributed by atoms with Crippen molar-refractivity contribution < 1.29 is 31.9 Å². The average molecular weight is 618 g/mol. The number of unbranched alkanes of at least 4 members (excludes halogenated alkanes) is 2. The number of thioether (sulfide) groups is 1. The fourth-order valence-electron chi connectivity index (χ4n) is 8.47. The lowest BCUT2D eigenvalue weighted by atomic mass is 9.50. The Morgan fingerprint density at radius 2 is 1.71 bits per heavy atom. The molecule has 42 heavy (non-hydrogen) atoms. The first-order valence-corrected chi connectivity index (χ1v) is 17.0. The van der Waals surface area contributed by atoms with Crippen LogP contribution in [0.3, 0.4) is 0 Å². The van der Waals surface area contributed by atoms with Crippen molar-refractivity contribution in [1.29, 1.82) is 0 Å². The van der Waals surface area contributed by atoms with Crippen LogP contribution in [0.1, 0.15) is 88.2 Å². The lowest BCUT2D eigenvalue weighted by molar-refractivity contribution is -0.284. The molecule has 0 radical (unpaired) electrons. The molecule has 2 fully saturated rings. The van der Waals surface area contributed by atoms with E-state index in [0.29, 0.717) is 35.8 Å². The second-order valence-corrected chi connectivity index (χ2v) is 14.5. The van der Waals surface area contributed by atoms with E-state index in [4.69, 9.17) is 0 Å². The van der Waals surface area contributed by atoms with Crippen molar-refractivity contribution in [2.75, 3.05) is 38.2 Å². The van der Waals surface area contributed by atoms with Gasteiger partial charge in [-0.2, -0.15) is 33.7 Å². The van der Waals surface area contributed by atoms with Gasteiger partial charge in [-0.3, -0.25) is 4.79 Å². The maximum absolute atomic E-state index is 13.1. The summed E-state index contributed by atoms with van der Waals surface area (Å²) in [5.74, 6) is -1.21. The van der Waals surface area contributed by atoms with Gasteiger partial charge in [0.25, 0.3) is 0 Å². The second-order valence-electron chi connectivity index (χ2n) is 13.3. The molecule has 4 rings (SSSR count). The zero-order valence-corrected chi connectivity index (χ0v) is 25.9. The number of alkyl halides is 5. The van der Waals surface area contributed by atoms with Crippen LogP contribution in [0, 0.1) is 29.1 Å². The van der Waals surface area contributed by atoms with Crippen LogP contribution in [0.15, 0.2) is 24.3 Å². The lowest BCUT2D eigenvalue weighted by Gasteiger charge is -2.53. The number of aliphatic hydroxyl groups excluding tert-OH is 1. The number of benzene rings is 1. The van der Waals surface area contributed by atoms with Crippen molar-refractivity contribution in [2.24, 2.45) is 29.1 Å². The smallest absolute Gasteiger partial charge is 0.395 e. The van der Waals surface area contributed by atoms with E-state index in [0.717, 1.165) is 70.2 Å². The summed E-state index contributed by atoms with van der Waals surface area (Å²) >= 11 is 1.44. The van der Waals surface area contributed by atoms with Gasteiger partial charge < -0.3 is 10.0 Å². The number of carbonyl (C=O) groups excluding carboxylic acids is 1. The van der Waals surface area contributed by atoms with Gasteiger partial charge in [0.1, 0.15) is 5.78 Å². The molecular formula is C33H48F5NO2S. The zero-order valence-electron chi connectivity index (χ0n) is 25.1. The molecule has 6 atom stereocenters. The van der Waals surface area contributed by atoms with Crippen molar-refractivity contribution in [1.82, 2.24) is 4.90 Å². The van der Waals surface area contributed by atoms with Crippen LogP contribution in [-0.2, 0) is 11.2 Å². The summed E-state index contributed by atoms with van der Waals surface area (Å²) in [5.41, 5.74) is 2.39. The zero-order chi connectivity index (χ0) is 30.5. The summed E-state index contributed by atoms with van der Waals surface area (Å²) < 4.78 is 62.7. The average Bonchev–Trinajstić information content (AvgIpc) is 3.20. The molecule has 0 aliphatic heterocycles. The molecule has 0 spiro atoms. The van der Waals surface area contributed by atoms with Crippen molar-refractivity contribution in [2.45, 2.75) is 95.6 Å². The Morgan fingerprint density at radius 1 is 1.00 bits per heavy atom. The number of hydrogen-bond acceptors (Lipinski definition) is 4. The van der Waals surface area contributed by atoms with Gasteiger partial charge in [0.2, 0.25) is 0 Å². The molecule has 0 saturated heterocycles. The van der Waals surface area contributed by atoms with Crippen LogP contribution >= 0.6 is 11.8 Å². The summed E-state index contributed by atoms with van der Waals surface area (Å²) in [6.07, 6.45) is 2.09. The van der Waals surface area contributed by atoms with Crippen LogP contribution in [0.2, 0.25) is 0 Å². The van der Waals surface area contributed by atoms with Gasteiger partial charge in [0.05, 0.1) is 12.0 Å². The Labute approximate surface area is 252 Å². The topological polar surface area (TPSA) is 40.5 Å². The summed E-state index contributed by atoms with van der Waals surface area (Å²) in [6.45, 7) is 4.06. The number of fused-ring (bicyclic) bond motifs is 5. The molecule has 3 nitrogen and oxygen atoms in total. The van der Waals surface area contributed by atoms with Crippen LogP contribution in [0.25, 0.3) is 0 Å². The fraction of sp³-hybridized carbons (Fsp3) is 0.788. The van der Waals surface area contributed by atoms with E-state index in [1.807, 2.05) is 0 Å². The van der Waals surface area contributed by atoms with Gasteiger partial charge in [0, 0.05) is 12.8 Å². The van der Waals surface area contributed by atoms with E-state index < -0.39 is 23.9 Å². The third-order valence-corrected chi connectivity index (χ3v) is 11.6. The number of aliphatic hydroxyl groups is 1. The van der Waals surface area contributed by atoms with E-state index in [2.05, 4.69) is 43.1 Å². The fourth-order valence-corrected chi connectivity index (χ4v) is 9.35. The minimum absolute atomic E-state index is 0.0166. The van der Waals surface area contributed by atoms with E-state index in [1.165, 1.54) is 22.9 Å². The molecule has 1 N–H and O–H groups in total. The highest BCUT2D eigenvalue weighted by atomic mass is 32.2. The largest absolute Gasteiger partial charge is 0.453 e. The molecule has 3 aliphatic carbocycles. The minimum atomic E-state index is -5.46. The Hall–Kier alpha value is -1.19. The first kappa shape index (κ1) is 33.7. The number of carbonyl (C=O) groups is 1. The maximum atomic E-state index is 13.1. The summed E-state index contributed by atoms with van der Waals surface area (Å²) in [5, 5.41) is 10.5. The SMILES string of the molecule is C[C@@H]1CC(=O)[C@@]2(CO)CC[C@@H]3c4ccccc4C[C@@H](CCCCCN(C)CCCSCCCC(F)(F)C(F)(F)F)[C@H]3[C@H]12. The second kappa shape index (κ2) is 14.3. The highest BCUT2D eigenvalue weighted by Crippen LogP contribution is 2.63. The molecule has 0 amide bonds. The summed E-state index contributed by atoms with van der Waals surface area (Å²) in [7, 11) is 2.08. The molecule has 238 valence electrons. The highest BCUT2D eigenvalue weighted by Gasteiger charge is 2.61. The molecule has 3 aliphatic rings. The number of rotatable bonds is 15. The van der Waals surface area contributed by atoms with Crippen molar-refractivity contribution in [3.63, 3.8) is 0 Å². The third-order valence-electron chi connectivity index (χ3n) is 10.5. The van der Waals surface area contributed by atoms with Gasteiger partial charge in [0.15, 0.2) is 0 Å².